The van der Waals surface area contributed by atoms with E-state index in [1.165, 1.54) is 0 Å². The summed E-state index contributed by atoms with van der Waals surface area (Å²) in [5, 5.41) is 9.54. The van der Waals surface area contributed by atoms with Gasteiger partial charge < -0.3 is 9.67 Å². The molecule has 5 heteroatoms. The van der Waals surface area contributed by atoms with E-state index in [1.807, 2.05) is 24.5 Å². The van der Waals surface area contributed by atoms with E-state index in [9.17, 15) is 5.11 Å². The van der Waals surface area contributed by atoms with Crippen LogP contribution >= 0.6 is 15.9 Å². The summed E-state index contributed by atoms with van der Waals surface area (Å²) in [7, 11) is 0. The zero-order valence-electron chi connectivity index (χ0n) is 9.88. The Kier molecular flexibility index (Phi) is 3.09. The van der Waals surface area contributed by atoms with Crippen molar-refractivity contribution in [2.24, 2.45) is 0 Å². The molecule has 0 atom stereocenters. The fraction of sp³-hybridized carbons (Fsp3) is 0.308. The Hall–Kier alpha value is -1.33. The zero-order chi connectivity index (χ0) is 12.5. The number of halogens is 1. The van der Waals surface area contributed by atoms with Crippen molar-refractivity contribution in [2.75, 3.05) is 6.54 Å². The Morgan fingerprint density at radius 3 is 3.11 bits per heavy atom. The third-order valence-electron chi connectivity index (χ3n) is 3.25. The number of aromatic nitrogens is 2. The third kappa shape index (κ3) is 2.28. The largest absolute Gasteiger partial charge is 0.508 e. The van der Waals surface area contributed by atoms with E-state index >= 15 is 0 Å². The van der Waals surface area contributed by atoms with Crippen molar-refractivity contribution < 1.29 is 5.11 Å². The summed E-state index contributed by atoms with van der Waals surface area (Å²) >= 11 is 3.52. The number of fused-ring (bicyclic) bond motifs is 1. The summed E-state index contributed by atoms with van der Waals surface area (Å²) in [6.07, 6.45) is 3.88. The maximum atomic E-state index is 9.54. The predicted molar refractivity (Wildman–Crippen MR) is 72.1 cm³/mol. The minimum absolute atomic E-state index is 0.312. The van der Waals surface area contributed by atoms with Gasteiger partial charge in [-0.15, -0.1) is 0 Å². The molecule has 18 heavy (non-hydrogen) atoms. The number of aromatic hydroxyl groups is 1. The van der Waals surface area contributed by atoms with Gasteiger partial charge in [-0.3, -0.25) is 4.90 Å². The third-order valence-corrected chi connectivity index (χ3v) is 4.02. The van der Waals surface area contributed by atoms with E-state index in [0.29, 0.717) is 5.75 Å². The van der Waals surface area contributed by atoms with Crippen molar-refractivity contribution in [1.82, 2.24) is 14.5 Å². The van der Waals surface area contributed by atoms with Gasteiger partial charge in [-0.25, -0.2) is 4.98 Å². The van der Waals surface area contributed by atoms with Crippen LogP contribution in [0.4, 0.5) is 0 Å². The summed E-state index contributed by atoms with van der Waals surface area (Å²) in [4.78, 5) is 6.68. The molecule has 94 valence electrons. The number of nitrogens with zero attached hydrogens (tertiary/aromatic N) is 3. The number of phenols is 1. The van der Waals surface area contributed by atoms with Crippen molar-refractivity contribution in [3.63, 3.8) is 0 Å². The molecule has 4 nitrogen and oxygen atoms in total. The minimum atomic E-state index is 0.312. The van der Waals surface area contributed by atoms with Gasteiger partial charge in [0.05, 0.1) is 6.54 Å². The lowest BCUT2D eigenvalue weighted by Gasteiger charge is -2.27. The van der Waals surface area contributed by atoms with E-state index in [1.54, 1.807) is 6.07 Å². The zero-order valence-corrected chi connectivity index (χ0v) is 11.5. The molecule has 2 aromatic rings. The maximum Gasteiger partial charge on any atom is 0.122 e. The number of hydrogen-bond donors (Lipinski definition) is 1. The van der Waals surface area contributed by atoms with Gasteiger partial charge in [-0.1, -0.05) is 15.9 Å². The smallest absolute Gasteiger partial charge is 0.122 e. The second kappa shape index (κ2) is 4.74. The summed E-state index contributed by atoms with van der Waals surface area (Å²) in [5.41, 5.74) is 1.11. The van der Waals surface area contributed by atoms with Gasteiger partial charge in [0.2, 0.25) is 0 Å². The van der Waals surface area contributed by atoms with Gasteiger partial charge in [-0.05, 0) is 23.8 Å². The molecule has 0 fully saturated rings. The minimum Gasteiger partial charge on any atom is -0.508 e. The second-order valence-electron chi connectivity index (χ2n) is 4.52. The van der Waals surface area contributed by atoms with E-state index < -0.39 is 0 Å². The first-order valence-electron chi connectivity index (χ1n) is 5.92. The molecule has 0 saturated heterocycles. The van der Waals surface area contributed by atoms with Crippen LogP contribution in [0.15, 0.2) is 35.1 Å². The molecule has 1 aliphatic heterocycles. The summed E-state index contributed by atoms with van der Waals surface area (Å²) in [6, 6.07) is 5.39. The highest BCUT2D eigenvalue weighted by Crippen LogP contribution is 2.24. The first kappa shape index (κ1) is 11.7. The van der Waals surface area contributed by atoms with E-state index in [0.717, 1.165) is 42.0 Å². The molecule has 0 saturated carbocycles. The Labute approximate surface area is 114 Å². The number of imidazole rings is 1. The van der Waals surface area contributed by atoms with Crippen LogP contribution in [-0.2, 0) is 19.6 Å². The molecule has 1 aromatic carbocycles. The normalized spacial score (nSPS) is 15.6. The highest BCUT2D eigenvalue weighted by molar-refractivity contribution is 9.10. The molecule has 0 aliphatic carbocycles. The fourth-order valence-electron chi connectivity index (χ4n) is 2.28. The maximum absolute atomic E-state index is 9.54. The molecule has 0 radical (unpaired) electrons. The standard InChI is InChI=1S/C13H14BrN3O/c14-12-2-1-11(18)7-10(12)8-16-5-6-17-4-3-15-13(17)9-16/h1-4,7,18H,5-6,8-9H2. The molecule has 1 N–H and O–H groups in total. The van der Waals surface area contributed by atoms with Gasteiger partial charge in [0.25, 0.3) is 0 Å². The Balaban J connectivity index is 1.76. The molecule has 2 heterocycles. The average Bonchev–Trinajstić information content (AvgIpc) is 2.81. The van der Waals surface area contributed by atoms with E-state index in [-0.39, 0.29) is 0 Å². The molecule has 3 rings (SSSR count). The highest BCUT2D eigenvalue weighted by Gasteiger charge is 2.17. The first-order chi connectivity index (χ1) is 8.72. The van der Waals surface area contributed by atoms with E-state index in [4.69, 9.17) is 0 Å². The SMILES string of the molecule is Oc1ccc(Br)c(CN2CCn3ccnc3C2)c1. The van der Waals surface area contributed by atoms with Crippen molar-refractivity contribution in [3.05, 3.63) is 46.5 Å². The van der Waals surface area contributed by atoms with Crippen molar-refractivity contribution >= 4 is 15.9 Å². The van der Waals surface area contributed by atoms with Gasteiger partial charge in [0, 0.05) is 36.5 Å². The van der Waals surface area contributed by atoms with Crippen LogP contribution in [0.25, 0.3) is 0 Å². The van der Waals surface area contributed by atoms with Crippen LogP contribution in [0.3, 0.4) is 0 Å². The van der Waals surface area contributed by atoms with Crippen LogP contribution in [0.2, 0.25) is 0 Å². The molecule has 0 spiro atoms. The molecule has 1 aliphatic rings. The molecule has 0 unspecified atom stereocenters. The Morgan fingerprint density at radius 2 is 2.22 bits per heavy atom. The quantitative estimate of drug-likeness (QED) is 0.926. The first-order valence-corrected chi connectivity index (χ1v) is 6.71. The Bertz CT molecular complexity index is 567. The molecule has 0 amide bonds. The number of phenolic OH excluding ortho intramolecular Hbond substituents is 1. The van der Waals surface area contributed by atoms with Crippen molar-refractivity contribution in [1.29, 1.82) is 0 Å². The monoisotopic (exact) mass is 307 g/mol. The Morgan fingerprint density at radius 1 is 1.33 bits per heavy atom. The lowest BCUT2D eigenvalue weighted by Crippen LogP contribution is -2.33. The van der Waals surface area contributed by atoms with Gasteiger partial charge in [0.15, 0.2) is 0 Å². The van der Waals surface area contributed by atoms with Crippen molar-refractivity contribution in [2.45, 2.75) is 19.6 Å². The van der Waals surface area contributed by atoms with Crippen molar-refractivity contribution in [3.8, 4) is 5.75 Å². The average molecular weight is 308 g/mol. The van der Waals surface area contributed by atoms with Gasteiger partial charge in [-0.2, -0.15) is 0 Å². The second-order valence-corrected chi connectivity index (χ2v) is 5.38. The van der Waals surface area contributed by atoms with Crippen LogP contribution in [0, 0.1) is 0 Å². The molecular weight excluding hydrogens is 294 g/mol. The van der Waals surface area contributed by atoms with Crippen LogP contribution in [0.5, 0.6) is 5.75 Å². The topological polar surface area (TPSA) is 41.3 Å². The lowest BCUT2D eigenvalue weighted by molar-refractivity contribution is 0.208. The summed E-state index contributed by atoms with van der Waals surface area (Å²) in [5.74, 6) is 1.42. The van der Waals surface area contributed by atoms with Crippen LogP contribution < -0.4 is 0 Å². The number of hydrogen-bond acceptors (Lipinski definition) is 3. The van der Waals surface area contributed by atoms with Crippen LogP contribution in [0.1, 0.15) is 11.4 Å². The lowest BCUT2D eigenvalue weighted by atomic mass is 10.2. The molecule has 0 bridgehead atoms. The van der Waals surface area contributed by atoms with Crippen LogP contribution in [-0.4, -0.2) is 26.1 Å². The number of rotatable bonds is 2. The van der Waals surface area contributed by atoms with Gasteiger partial charge in [0.1, 0.15) is 11.6 Å². The predicted octanol–water partition coefficient (Wildman–Crippen LogP) is 2.37. The number of benzene rings is 1. The molecular formula is C13H14BrN3O. The summed E-state index contributed by atoms with van der Waals surface area (Å²) < 4.78 is 3.22. The van der Waals surface area contributed by atoms with Gasteiger partial charge >= 0.3 is 0 Å². The highest BCUT2D eigenvalue weighted by atomic mass is 79.9. The molecule has 1 aromatic heterocycles. The fourth-order valence-corrected chi connectivity index (χ4v) is 2.65. The summed E-state index contributed by atoms with van der Waals surface area (Å²) in [6.45, 7) is 3.66. The van der Waals surface area contributed by atoms with E-state index in [2.05, 4.69) is 30.4 Å².